The lowest BCUT2D eigenvalue weighted by Crippen LogP contribution is -2.46. The van der Waals surface area contributed by atoms with Crippen LogP contribution in [0.25, 0.3) is 5.65 Å². The van der Waals surface area contributed by atoms with E-state index in [2.05, 4.69) is 30.7 Å². The van der Waals surface area contributed by atoms with Crippen molar-refractivity contribution in [3.63, 3.8) is 0 Å². The van der Waals surface area contributed by atoms with Crippen molar-refractivity contribution in [2.45, 2.75) is 12.6 Å². The first-order valence-electron chi connectivity index (χ1n) is 10.0. The molecule has 8 nitrogen and oxygen atoms in total. The van der Waals surface area contributed by atoms with Crippen LogP contribution in [0.1, 0.15) is 17.4 Å². The molecule has 1 atom stereocenters. The summed E-state index contributed by atoms with van der Waals surface area (Å²) in [6.45, 7) is 4.04. The van der Waals surface area contributed by atoms with Gasteiger partial charge in [-0.25, -0.2) is 4.39 Å². The minimum atomic E-state index is -0.230. The first kappa shape index (κ1) is 23.4. The van der Waals surface area contributed by atoms with Gasteiger partial charge in [0.2, 0.25) is 0 Å². The van der Waals surface area contributed by atoms with Gasteiger partial charge in [0.05, 0.1) is 25.8 Å². The first-order valence-corrected chi connectivity index (χ1v) is 10.0. The van der Waals surface area contributed by atoms with Gasteiger partial charge in [-0.2, -0.15) is 0 Å². The lowest BCUT2D eigenvalue weighted by Gasteiger charge is -2.35. The molecule has 1 saturated heterocycles. The van der Waals surface area contributed by atoms with E-state index in [4.69, 9.17) is 4.74 Å². The van der Waals surface area contributed by atoms with Crippen molar-refractivity contribution in [1.82, 2.24) is 30.1 Å². The number of benzene rings is 1. The fraction of sp³-hybridized carbons (Fsp3) is 0.381. The Morgan fingerprint density at radius 2 is 2.00 bits per heavy atom. The van der Waals surface area contributed by atoms with Crippen molar-refractivity contribution >= 4 is 35.6 Å². The first-order chi connectivity index (χ1) is 14.7. The number of pyridine rings is 1. The minimum Gasteiger partial charge on any atom is -0.379 e. The third kappa shape index (κ3) is 5.89. The zero-order valence-corrected chi connectivity index (χ0v) is 19.7. The Hall–Kier alpha value is -2.31. The summed E-state index contributed by atoms with van der Waals surface area (Å²) in [5.74, 6) is 1.22. The van der Waals surface area contributed by atoms with Crippen molar-refractivity contribution in [2.24, 2.45) is 4.99 Å². The van der Waals surface area contributed by atoms with Crippen LogP contribution < -0.4 is 10.6 Å². The predicted molar refractivity (Wildman–Crippen MR) is 128 cm³/mol. The average molecular weight is 539 g/mol. The fourth-order valence-electron chi connectivity index (χ4n) is 3.65. The molecule has 1 fully saturated rings. The van der Waals surface area contributed by atoms with E-state index in [0.717, 1.165) is 30.1 Å². The zero-order valence-electron chi connectivity index (χ0n) is 17.4. The van der Waals surface area contributed by atoms with E-state index in [9.17, 15) is 4.39 Å². The van der Waals surface area contributed by atoms with E-state index < -0.39 is 0 Å². The molecule has 0 aliphatic carbocycles. The van der Waals surface area contributed by atoms with Crippen LogP contribution >= 0.6 is 24.0 Å². The second-order valence-corrected chi connectivity index (χ2v) is 7.07. The topological polar surface area (TPSA) is 79.1 Å². The van der Waals surface area contributed by atoms with Crippen LogP contribution in [0.3, 0.4) is 0 Å². The fourth-order valence-corrected chi connectivity index (χ4v) is 3.65. The Morgan fingerprint density at radius 1 is 1.16 bits per heavy atom. The molecular weight excluding hydrogens is 512 g/mol. The summed E-state index contributed by atoms with van der Waals surface area (Å²) in [6.07, 6.45) is 1.93. The average Bonchev–Trinajstić information content (AvgIpc) is 3.20. The van der Waals surface area contributed by atoms with Crippen molar-refractivity contribution in [1.29, 1.82) is 0 Å². The molecule has 1 aliphatic heterocycles. The third-order valence-corrected chi connectivity index (χ3v) is 5.20. The van der Waals surface area contributed by atoms with Gasteiger partial charge in [-0.15, -0.1) is 34.2 Å². The highest BCUT2D eigenvalue weighted by atomic mass is 127. The number of rotatable bonds is 6. The summed E-state index contributed by atoms with van der Waals surface area (Å²) in [6, 6.07) is 12.6. The molecule has 2 aromatic heterocycles. The van der Waals surface area contributed by atoms with Crippen LogP contribution in [-0.2, 0) is 11.3 Å². The molecule has 166 valence electrons. The van der Waals surface area contributed by atoms with Gasteiger partial charge in [-0.3, -0.25) is 14.3 Å². The van der Waals surface area contributed by atoms with Gasteiger partial charge in [-0.1, -0.05) is 18.2 Å². The summed E-state index contributed by atoms with van der Waals surface area (Å²) in [5, 5.41) is 15.1. The number of fused-ring (bicyclic) bond motifs is 1. The van der Waals surface area contributed by atoms with Crippen molar-refractivity contribution in [3.05, 3.63) is 65.9 Å². The number of hydrogen-bond donors (Lipinski definition) is 2. The van der Waals surface area contributed by atoms with E-state index >= 15 is 0 Å². The van der Waals surface area contributed by atoms with E-state index in [1.54, 1.807) is 19.2 Å². The maximum absolute atomic E-state index is 13.9. The van der Waals surface area contributed by atoms with E-state index in [1.165, 1.54) is 6.07 Å². The standard InChI is InChI=1S/C21H26FN7O.HI/c1-23-21(25-15-20-27-26-19-7-2-3-8-29(19)20)24-14-18(28-9-11-30-12-10-28)16-5-4-6-17(22)13-16;/h2-8,13,18H,9-12,14-15H2,1H3,(H2,23,24,25);1H. The molecule has 0 bridgehead atoms. The van der Waals surface area contributed by atoms with E-state index in [0.29, 0.717) is 32.3 Å². The van der Waals surface area contributed by atoms with E-state index in [-0.39, 0.29) is 35.8 Å². The summed E-state index contributed by atoms with van der Waals surface area (Å²) in [4.78, 5) is 6.63. The molecule has 0 radical (unpaired) electrons. The Kier molecular flexibility index (Phi) is 8.55. The van der Waals surface area contributed by atoms with Gasteiger partial charge in [0, 0.05) is 32.9 Å². The molecule has 0 amide bonds. The van der Waals surface area contributed by atoms with Gasteiger partial charge in [0.25, 0.3) is 0 Å². The van der Waals surface area contributed by atoms with Crippen LogP contribution in [0, 0.1) is 5.82 Å². The molecule has 1 unspecified atom stereocenters. The molecule has 31 heavy (non-hydrogen) atoms. The summed E-state index contributed by atoms with van der Waals surface area (Å²) >= 11 is 0. The number of nitrogens with one attached hydrogen (secondary N) is 2. The number of morpholine rings is 1. The number of aromatic nitrogens is 3. The smallest absolute Gasteiger partial charge is 0.191 e. The van der Waals surface area contributed by atoms with Crippen molar-refractivity contribution < 1.29 is 9.13 Å². The molecule has 3 heterocycles. The lowest BCUT2D eigenvalue weighted by atomic mass is 10.0. The normalized spacial score (nSPS) is 16.0. The highest BCUT2D eigenvalue weighted by Crippen LogP contribution is 2.22. The Balaban J connectivity index is 0.00000272. The monoisotopic (exact) mass is 539 g/mol. The van der Waals surface area contributed by atoms with Crippen LogP contribution in [0.5, 0.6) is 0 Å². The van der Waals surface area contributed by atoms with Gasteiger partial charge >= 0.3 is 0 Å². The maximum atomic E-state index is 13.9. The van der Waals surface area contributed by atoms with E-state index in [1.807, 2.05) is 34.9 Å². The SMILES string of the molecule is CN=C(NCc1nnc2ccccn12)NCC(c1cccc(F)c1)N1CCOCC1.I. The highest BCUT2D eigenvalue weighted by molar-refractivity contribution is 14.0. The second kappa shape index (κ2) is 11.3. The summed E-state index contributed by atoms with van der Waals surface area (Å²) in [5.41, 5.74) is 1.74. The lowest BCUT2D eigenvalue weighted by molar-refractivity contribution is 0.0169. The van der Waals surface area contributed by atoms with Gasteiger partial charge in [0.1, 0.15) is 5.82 Å². The number of ether oxygens (including phenoxy) is 1. The second-order valence-electron chi connectivity index (χ2n) is 7.07. The van der Waals surface area contributed by atoms with Crippen LogP contribution in [0.4, 0.5) is 4.39 Å². The quantitative estimate of drug-likeness (QED) is 0.284. The number of hydrogen-bond acceptors (Lipinski definition) is 5. The highest BCUT2D eigenvalue weighted by Gasteiger charge is 2.23. The summed E-state index contributed by atoms with van der Waals surface area (Å²) in [7, 11) is 1.73. The summed E-state index contributed by atoms with van der Waals surface area (Å²) < 4.78 is 21.3. The van der Waals surface area contributed by atoms with Crippen molar-refractivity contribution in [2.75, 3.05) is 39.9 Å². The van der Waals surface area contributed by atoms with Crippen LogP contribution in [0.15, 0.2) is 53.7 Å². The Labute approximate surface area is 197 Å². The van der Waals surface area contributed by atoms with Gasteiger partial charge in [-0.05, 0) is 29.8 Å². The molecule has 0 spiro atoms. The van der Waals surface area contributed by atoms with Crippen LogP contribution in [0.2, 0.25) is 0 Å². The molecule has 1 aromatic carbocycles. The van der Waals surface area contributed by atoms with Crippen LogP contribution in [-0.4, -0.2) is 65.4 Å². The number of guanidine groups is 1. The molecule has 1 aliphatic rings. The Morgan fingerprint density at radius 3 is 2.77 bits per heavy atom. The van der Waals surface area contributed by atoms with Gasteiger partial charge in [0.15, 0.2) is 17.4 Å². The Bertz CT molecular complexity index is 1010. The molecule has 10 heteroatoms. The number of nitrogens with zero attached hydrogens (tertiary/aromatic N) is 5. The largest absolute Gasteiger partial charge is 0.379 e. The number of aliphatic imine (C=N–C) groups is 1. The molecule has 3 aromatic rings. The molecule has 4 rings (SSSR count). The molecule has 2 N–H and O–H groups in total. The zero-order chi connectivity index (χ0) is 20.8. The molecular formula is C21H27FIN7O. The number of halogens is 2. The van der Waals surface area contributed by atoms with Crippen molar-refractivity contribution in [3.8, 4) is 0 Å². The molecule has 0 saturated carbocycles. The third-order valence-electron chi connectivity index (χ3n) is 5.20. The predicted octanol–water partition coefficient (Wildman–Crippen LogP) is 2.22. The van der Waals surface area contributed by atoms with Gasteiger partial charge < -0.3 is 15.4 Å². The maximum Gasteiger partial charge on any atom is 0.191 e. The minimum absolute atomic E-state index is 0.